The fourth-order valence-corrected chi connectivity index (χ4v) is 4.52. The number of rotatable bonds is 6. The van der Waals surface area contributed by atoms with Crippen LogP contribution in [0.2, 0.25) is 10.0 Å². The number of hydrogen-bond acceptors (Lipinski definition) is 4. The molecule has 8 heteroatoms. The van der Waals surface area contributed by atoms with E-state index in [1.807, 2.05) is 65.2 Å². The van der Waals surface area contributed by atoms with Gasteiger partial charge in [0.1, 0.15) is 5.25 Å². The van der Waals surface area contributed by atoms with Crippen LogP contribution in [0, 0.1) is 0 Å². The summed E-state index contributed by atoms with van der Waals surface area (Å²) in [6.45, 7) is 0. The molecule has 0 aliphatic rings. The van der Waals surface area contributed by atoms with Crippen LogP contribution in [0.1, 0.15) is 10.8 Å². The molecule has 0 saturated carbocycles. The molecular formula is C22H16Cl2N4OS. The number of hydrogen-bond donors (Lipinski definition) is 1. The molecule has 0 saturated heterocycles. The smallest absolute Gasteiger partial charge is 0.235 e. The number of benzene rings is 3. The van der Waals surface area contributed by atoms with Crippen LogP contribution in [-0.2, 0) is 4.79 Å². The molecule has 1 atom stereocenters. The van der Waals surface area contributed by atoms with Crippen molar-refractivity contribution in [1.82, 2.24) is 14.8 Å². The SMILES string of the molecule is NC(=O)[C@@H](Sc1nnc(-c2ccc(Cl)cc2Cl)n1-c1ccccc1)c1ccccc1. The molecule has 2 N–H and O–H groups in total. The van der Waals surface area contributed by atoms with Crippen molar-refractivity contribution in [3.63, 3.8) is 0 Å². The van der Waals surface area contributed by atoms with E-state index in [-0.39, 0.29) is 0 Å². The monoisotopic (exact) mass is 454 g/mol. The van der Waals surface area contributed by atoms with Gasteiger partial charge in [-0.15, -0.1) is 10.2 Å². The second-order valence-corrected chi connectivity index (χ2v) is 8.33. The van der Waals surface area contributed by atoms with E-state index in [4.69, 9.17) is 28.9 Å². The summed E-state index contributed by atoms with van der Waals surface area (Å²) in [6.07, 6.45) is 0. The molecule has 1 aromatic heterocycles. The summed E-state index contributed by atoms with van der Waals surface area (Å²) < 4.78 is 1.86. The van der Waals surface area contributed by atoms with E-state index in [1.54, 1.807) is 18.2 Å². The van der Waals surface area contributed by atoms with Gasteiger partial charge in [0.15, 0.2) is 11.0 Å². The highest BCUT2D eigenvalue weighted by molar-refractivity contribution is 8.00. The first-order valence-electron chi connectivity index (χ1n) is 9.02. The van der Waals surface area contributed by atoms with E-state index in [2.05, 4.69) is 10.2 Å². The zero-order valence-electron chi connectivity index (χ0n) is 15.6. The first-order chi connectivity index (χ1) is 14.5. The lowest BCUT2D eigenvalue weighted by atomic mass is 10.1. The third-order valence-corrected chi connectivity index (χ3v) is 6.17. The molecule has 1 amide bonds. The Kier molecular flexibility index (Phi) is 6.08. The van der Waals surface area contributed by atoms with Crippen molar-refractivity contribution in [1.29, 1.82) is 0 Å². The Hall–Kier alpha value is -2.80. The summed E-state index contributed by atoms with van der Waals surface area (Å²) in [6, 6.07) is 24.2. The van der Waals surface area contributed by atoms with Gasteiger partial charge in [-0.25, -0.2) is 0 Å². The summed E-state index contributed by atoms with van der Waals surface area (Å²) in [7, 11) is 0. The average molecular weight is 455 g/mol. The van der Waals surface area contributed by atoms with Crippen molar-refractivity contribution in [3.05, 3.63) is 94.5 Å². The average Bonchev–Trinajstić information content (AvgIpc) is 3.16. The van der Waals surface area contributed by atoms with Crippen LogP contribution in [0.15, 0.2) is 84.0 Å². The lowest BCUT2D eigenvalue weighted by Gasteiger charge is -2.15. The topological polar surface area (TPSA) is 73.8 Å². The zero-order valence-corrected chi connectivity index (χ0v) is 17.9. The van der Waals surface area contributed by atoms with Crippen molar-refractivity contribution < 1.29 is 4.79 Å². The van der Waals surface area contributed by atoms with Crippen molar-refractivity contribution >= 4 is 40.9 Å². The number of carbonyl (C=O) groups excluding carboxylic acids is 1. The van der Waals surface area contributed by atoms with Crippen LogP contribution < -0.4 is 5.73 Å². The van der Waals surface area contributed by atoms with Crippen LogP contribution in [0.3, 0.4) is 0 Å². The van der Waals surface area contributed by atoms with Crippen LogP contribution in [0.25, 0.3) is 17.1 Å². The minimum atomic E-state index is -0.619. The Morgan fingerprint density at radius 1 is 0.933 bits per heavy atom. The van der Waals surface area contributed by atoms with E-state index < -0.39 is 11.2 Å². The second kappa shape index (κ2) is 8.92. The number of nitrogens with zero attached hydrogens (tertiary/aromatic N) is 3. The number of aromatic nitrogens is 3. The van der Waals surface area contributed by atoms with Crippen molar-refractivity contribution in [2.75, 3.05) is 0 Å². The number of carbonyl (C=O) groups is 1. The molecule has 30 heavy (non-hydrogen) atoms. The Morgan fingerprint density at radius 3 is 2.23 bits per heavy atom. The van der Waals surface area contributed by atoms with Gasteiger partial charge in [0, 0.05) is 16.3 Å². The van der Waals surface area contributed by atoms with Gasteiger partial charge in [-0.3, -0.25) is 9.36 Å². The molecule has 4 aromatic rings. The summed E-state index contributed by atoms with van der Waals surface area (Å²) in [4.78, 5) is 12.2. The molecule has 150 valence electrons. The maximum absolute atomic E-state index is 12.2. The molecule has 4 rings (SSSR count). The fourth-order valence-electron chi connectivity index (χ4n) is 3.02. The number of para-hydroxylation sites is 1. The number of halogens is 2. The van der Waals surface area contributed by atoms with E-state index in [0.717, 1.165) is 11.3 Å². The number of primary amides is 1. The molecule has 0 aliphatic heterocycles. The van der Waals surface area contributed by atoms with Gasteiger partial charge >= 0.3 is 0 Å². The molecule has 5 nitrogen and oxygen atoms in total. The predicted octanol–water partition coefficient (Wildman–Crippen LogP) is 5.56. The minimum absolute atomic E-state index is 0.457. The molecular weight excluding hydrogens is 439 g/mol. The number of nitrogens with two attached hydrogens (primary N) is 1. The van der Waals surface area contributed by atoms with E-state index in [1.165, 1.54) is 11.8 Å². The predicted molar refractivity (Wildman–Crippen MR) is 121 cm³/mol. The highest BCUT2D eigenvalue weighted by Gasteiger charge is 2.25. The maximum atomic E-state index is 12.2. The van der Waals surface area contributed by atoms with Gasteiger partial charge < -0.3 is 5.73 Å². The van der Waals surface area contributed by atoms with Gasteiger partial charge in [0.2, 0.25) is 5.91 Å². The van der Waals surface area contributed by atoms with Gasteiger partial charge in [-0.2, -0.15) is 0 Å². The molecule has 0 spiro atoms. The van der Waals surface area contributed by atoms with Crippen molar-refractivity contribution in [2.24, 2.45) is 5.73 Å². The van der Waals surface area contributed by atoms with Crippen molar-refractivity contribution in [2.45, 2.75) is 10.4 Å². The van der Waals surface area contributed by atoms with Crippen LogP contribution in [0.4, 0.5) is 0 Å². The standard InChI is InChI=1S/C22H16Cl2N4OS/c23-15-11-12-17(18(24)13-15)21-26-27-22(28(21)16-9-5-2-6-10-16)30-19(20(25)29)14-7-3-1-4-8-14/h1-13,19H,(H2,25,29)/t19-/m0/s1. The highest BCUT2D eigenvalue weighted by atomic mass is 35.5. The molecule has 0 unspecified atom stereocenters. The molecule has 0 bridgehead atoms. The Labute approximate surface area is 187 Å². The number of thioether (sulfide) groups is 1. The first kappa shape index (κ1) is 20.5. The molecule has 0 aliphatic carbocycles. The molecule has 0 fully saturated rings. The largest absolute Gasteiger partial charge is 0.368 e. The van der Waals surface area contributed by atoms with E-state index >= 15 is 0 Å². The van der Waals surface area contributed by atoms with Gasteiger partial charge in [0.25, 0.3) is 0 Å². The van der Waals surface area contributed by atoms with Crippen LogP contribution in [-0.4, -0.2) is 20.7 Å². The Morgan fingerprint density at radius 2 is 1.60 bits per heavy atom. The number of amides is 1. The third-order valence-electron chi connectivity index (χ3n) is 4.40. The van der Waals surface area contributed by atoms with Crippen LogP contribution in [0.5, 0.6) is 0 Å². The third kappa shape index (κ3) is 4.21. The lowest BCUT2D eigenvalue weighted by molar-refractivity contribution is -0.117. The fraction of sp³-hybridized carbons (Fsp3) is 0.0455. The Bertz CT molecular complexity index is 1180. The summed E-state index contributed by atoms with van der Waals surface area (Å²) in [5, 5.41) is 9.62. The van der Waals surface area contributed by atoms with E-state index in [9.17, 15) is 4.79 Å². The first-order valence-corrected chi connectivity index (χ1v) is 10.7. The van der Waals surface area contributed by atoms with Gasteiger partial charge in [-0.1, -0.05) is 83.5 Å². The summed E-state index contributed by atoms with van der Waals surface area (Å²) in [5.74, 6) is 0.0848. The Balaban J connectivity index is 1.84. The van der Waals surface area contributed by atoms with Crippen molar-refractivity contribution in [3.8, 4) is 17.1 Å². The van der Waals surface area contributed by atoms with Crippen LogP contribution >= 0.6 is 35.0 Å². The quantitative estimate of drug-likeness (QED) is 0.387. The molecule has 3 aromatic carbocycles. The molecule has 0 radical (unpaired) electrons. The second-order valence-electron chi connectivity index (χ2n) is 6.41. The summed E-state index contributed by atoms with van der Waals surface area (Å²) >= 11 is 13.7. The van der Waals surface area contributed by atoms with E-state index in [0.29, 0.717) is 26.6 Å². The lowest BCUT2D eigenvalue weighted by Crippen LogP contribution is -2.19. The van der Waals surface area contributed by atoms with Gasteiger partial charge in [0.05, 0.1) is 5.02 Å². The minimum Gasteiger partial charge on any atom is -0.368 e. The van der Waals surface area contributed by atoms with Gasteiger partial charge in [-0.05, 0) is 35.9 Å². The summed E-state index contributed by atoms with van der Waals surface area (Å²) in [5.41, 5.74) is 8.02. The highest BCUT2D eigenvalue weighted by Crippen LogP contribution is 2.38. The maximum Gasteiger partial charge on any atom is 0.235 e. The molecule has 1 heterocycles. The zero-order chi connectivity index (χ0) is 21.1. The normalized spacial score (nSPS) is 11.9.